The van der Waals surface area contributed by atoms with E-state index in [0.29, 0.717) is 6.10 Å². The van der Waals surface area contributed by atoms with Crippen LogP contribution in [0.3, 0.4) is 0 Å². The number of hydrogen-bond donors (Lipinski definition) is 0. The van der Waals surface area contributed by atoms with E-state index in [1.807, 2.05) is 0 Å². The lowest BCUT2D eigenvalue weighted by molar-refractivity contribution is -0.0283. The Labute approximate surface area is 168 Å². The Bertz CT molecular complexity index is 854. The van der Waals surface area contributed by atoms with E-state index in [4.69, 9.17) is 4.74 Å². The highest BCUT2D eigenvalue weighted by Gasteiger charge is 2.25. The molecule has 1 aliphatic heterocycles. The Kier molecular flexibility index (Phi) is 6.20. The Morgan fingerprint density at radius 3 is 2.11 bits per heavy atom. The molecule has 2 nitrogen and oxygen atoms in total. The summed E-state index contributed by atoms with van der Waals surface area (Å²) in [5.41, 5.74) is 5.20. The van der Waals surface area contributed by atoms with Crippen molar-refractivity contribution in [3.8, 4) is 0 Å². The van der Waals surface area contributed by atoms with Crippen molar-refractivity contribution in [1.82, 2.24) is 4.90 Å². The van der Waals surface area contributed by atoms with Gasteiger partial charge in [0.15, 0.2) is 0 Å². The molecule has 0 saturated carbocycles. The first-order chi connectivity index (χ1) is 13.8. The maximum atomic E-state index is 6.72. The minimum absolute atomic E-state index is 0.00748. The van der Waals surface area contributed by atoms with Gasteiger partial charge in [0.1, 0.15) is 6.10 Å². The van der Waals surface area contributed by atoms with Gasteiger partial charge in [-0.25, -0.2) is 0 Å². The number of benzene rings is 3. The zero-order chi connectivity index (χ0) is 19.2. The smallest absolute Gasteiger partial charge is 0.108 e. The average Bonchev–Trinajstić information content (AvgIpc) is 2.75. The summed E-state index contributed by atoms with van der Waals surface area (Å²) < 4.78 is 6.72. The Hall–Kier alpha value is -2.42. The fraction of sp³-hybridized carbons (Fsp3) is 0.308. The quantitative estimate of drug-likeness (QED) is 0.546. The number of aryl methyl sites for hydroxylation is 1. The predicted molar refractivity (Wildman–Crippen MR) is 115 cm³/mol. The topological polar surface area (TPSA) is 12.5 Å². The van der Waals surface area contributed by atoms with E-state index in [-0.39, 0.29) is 6.10 Å². The van der Waals surface area contributed by atoms with Gasteiger partial charge in [-0.1, -0.05) is 84.9 Å². The average molecular weight is 372 g/mol. The summed E-state index contributed by atoms with van der Waals surface area (Å²) in [6.07, 6.45) is 2.48. The van der Waals surface area contributed by atoms with Crippen LogP contribution in [0.4, 0.5) is 0 Å². The molecular weight excluding hydrogens is 342 g/mol. The fourth-order valence-corrected chi connectivity index (χ4v) is 4.08. The van der Waals surface area contributed by atoms with E-state index < -0.39 is 0 Å². The third kappa shape index (κ3) is 4.70. The summed E-state index contributed by atoms with van der Waals surface area (Å²) in [6, 6.07) is 30.0. The number of likely N-dealkylation sites (tertiary alicyclic amines) is 1. The standard InChI is InChI=1S/C26H29NO/c1-21-10-8-9-15-25(21)26(23-13-6-3-7-14-23)28-24-16-18-27(19-17-24)20-22-11-4-2-5-12-22/h2-15,24,26H,16-20H2,1H3. The van der Waals surface area contributed by atoms with Gasteiger partial charge in [-0.15, -0.1) is 0 Å². The van der Waals surface area contributed by atoms with Crippen molar-refractivity contribution >= 4 is 0 Å². The molecule has 1 heterocycles. The molecule has 0 aromatic heterocycles. The van der Waals surface area contributed by atoms with Crippen LogP contribution in [0.1, 0.15) is 41.2 Å². The van der Waals surface area contributed by atoms with Gasteiger partial charge in [0.25, 0.3) is 0 Å². The minimum atomic E-state index is 0.00748. The van der Waals surface area contributed by atoms with Crippen LogP contribution in [0.2, 0.25) is 0 Å². The van der Waals surface area contributed by atoms with Gasteiger partial charge in [-0.05, 0) is 42.0 Å². The SMILES string of the molecule is Cc1ccccc1C(OC1CCN(Cc2ccccc2)CC1)c1ccccc1. The second kappa shape index (κ2) is 9.18. The normalized spacial score (nSPS) is 16.8. The first-order valence-electron chi connectivity index (χ1n) is 10.3. The highest BCUT2D eigenvalue weighted by Crippen LogP contribution is 2.32. The van der Waals surface area contributed by atoms with E-state index in [2.05, 4.69) is 96.8 Å². The van der Waals surface area contributed by atoms with E-state index in [1.165, 1.54) is 22.3 Å². The molecule has 0 amide bonds. The van der Waals surface area contributed by atoms with Crippen LogP contribution in [-0.2, 0) is 11.3 Å². The van der Waals surface area contributed by atoms with Crippen molar-refractivity contribution in [2.75, 3.05) is 13.1 Å². The van der Waals surface area contributed by atoms with Crippen LogP contribution in [-0.4, -0.2) is 24.1 Å². The molecule has 0 radical (unpaired) electrons. The van der Waals surface area contributed by atoms with Gasteiger partial charge in [0, 0.05) is 19.6 Å². The zero-order valence-electron chi connectivity index (χ0n) is 16.6. The van der Waals surface area contributed by atoms with Crippen LogP contribution in [0.25, 0.3) is 0 Å². The maximum absolute atomic E-state index is 6.72. The molecule has 1 unspecified atom stereocenters. The van der Waals surface area contributed by atoms with Gasteiger partial charge in [0.2, 0.25) is 0 Å². The molecule has 2 heteroatoms. The number of ether oxygens (including phenoxy) is 1. The van der Waals surface area contributed by atoms with Crippen molar-refractivity contribution in [1.29, 1.82) is 0 Å². The molecule has 1 aliphatic rings. The van der Waals surface area contributed by atoms with E-state index in [0.717, 1.165) is 32.5 Å². The Morgan fingerprint density at radius 2 is 1.43 bits per heavy atom. The lowest BCUT2D eigenvalue weighted by Crippen LogP contribution is -2.37. The van der Waals surface area contributed by atoms with Crippen molar-refractivity contribution in [2.45, 2.75) is 38.5 Å². The van der Waals surface area contributed by atoms with Crippen LogP contribution < -0.4 is 0 Å². The third-order valence-corrected chi connectivity index (χ3v) is 5.69. The van der Waals surface area contributed by atoms with E-state index >= 15 is 0 Å². The van der Waals surface area contributed by atoms with E-state index in [1.54, 1.807) is 0 Å². The lowest BCUT2D eigenvalue weighted by atomic mass is 9.96. The fourth-order valence-electron chi connectivity index (χ4n) is 4.08. The summed E-state index contributed by atoms with van der Waals surface area (Å²) in [5.74, 6) is 0. The third-order valence-electron chi connectivity index (χ3n) is 5.69. The van der Waals surface area contributed by atoms with Gasteiger partial charge in [0.05, 0.1) is 6.10 Å². The molecule has 0 bridgehead atoms. The summed E-state index contributed by atoms with van der Waals surface area (Å²) in [4.78, 5) is 2.54. The summed E-state index contributed by atoms with van der Waals surface area (Å²) in [7, 11) is 0. The second-order valence-corrected chi connectivity index (χ2v) is 7.74. The molecule has 144 valence electrons. The highest BCUT2D eigenvalue weighted by atomic mass is 16.5. The Balaban J connectivity index is 1.43. The molecule has 0 N–H and O–H groups in total. The van der Waals surface area contributed by atoms with Crippen molar-refractivity contribution in [3.05, 3.63) is 107 Å². The van der Waals surface area contributed by atoms with Crippen molar-refractivity contribution < 1.29 is 4.74 Å². The van der Waals surface area contributed by atoms with Gasteiger partial charge >= 0.3 is 0 Å². The molecule has 0 spiro atoms. The molecular formula is C26H29NO. The molecule has 0 aliphatic carbocycles. The Morgan fingerprint density at radius 1 is 0.821 bits per heavy atom. The molecule has 4 rings (SSSR count). The monoisotopic (exact) mass is 371 g/mol. The molecule has 3 aromatic carbocycles. The van der Waals surface area contributed by atoms with Crippen molar-refractivity contribution in [2.24, 2.45) is 0 Å². The van der Waals surface area contributed by atoms with Crippen LogP contribution in [0, 0.1) is 6.92 Å². The first kappa shape index (κ1) is 18.9. The van der Waals surface area contributed by atoms with Crippen LogP contribution >= 0.6 is 0 Å². The van der Waals surface area contributed by atoms with Gasteiger partial charge < -0.3 is 4.74 Å². The summed E-state index contributed by atoms with van der Waals surface area (Å²) in [6.45, 7) is 5.40. The van der Waals surface area contributed by atoms with Gasteiger partial charge in [-0.3, -0.25) is 4.90 Å². The minimum Gasteiger partial charge on any atom is -0.365 e. The number of hydrogen-bond acceptors (Lipinski definition) is 2. The number of rotatable bonds is 6. The van der Waals surface area contributed by atoms with Crippen LogP contribution in [0.5, 0.6) is 0 Å². The van der Waals surface area contributed by atoms with Gasteiger partial charge in [-0.2, -0.15) is 0 Å². The number of nitrogens with zero attached hydrogens (tertiary/aromatic N) is 1. The number of piperidine rings is 1. The molecule has 1 saturated heterocycles. The van der Waals surface area contributed by atoms with Crippen molar-refractivity contribution in [3.63, 3.8) is 0 Å². The van der Waals surface area contributed by atoms with Crippen LogP contribution in [0.15, 0.2) is 84.9 Å². The predicted octanol–water partition coefficient (Wildman–Crippen LogP) is 5.77. The summed E-state index contributed by atoms with van der Waals surface area (Å²) >= 11 is 0. The molecule has 28 heavy (non-hydrogen) atoms. The first-order valence-corrected chi connectivity index (χ1v) is 10.3. The largest absolute Gasteiger partial charge is 0.365 e. The molecule has 1 fully saturated rings. The summed E-state index contributed by atoms with van der Waals surface area (Å²) in [5, 5.41) is 0. The molecule has 3 aromatic rings. The highest BCUT2D eigenvalue weighted by molar-refractivity contribution is 5.35. The van der Waals surface area contributed by atoms with E-state index in [9.17, 15) is 0 Å². The molecule has 1 atom stereocenters. The maximum Gasteiger partial charge on any atom is 0.108 e. The zero-order valence-corrected chi connectivity index (χ0v) is 16.6. The second-order valence-electron chi connectivity index (χ2n) is 7.74. The lowest BCUT2D eigenvalue weighted by Gasteiger charge is -2.34.